The van der Waals surface area contributed by atoms with Crippen molar-refractivity contribution in [3.8, 4) is 0 Å². The molecule has 0 bridgehead atoms. The lowest BCUT2D eigenvalue weighted by Crippen LogP contribution is -2.05. The number of hydrogen-bond donors (Lipinski definition) is 1. The van der Waals surface area contributed by atoms with Gasteiger partial charge in [-0.2, -0.15) is 0 Å². The van der Waals surface area contributed by atoms with Crippen LogP contribution >= 0.6 is 0 Å². The normalized spacial score (nSPS) is 11.0. The Morgan fingerprint density at radius 2 is 1.68 bits per heavy atom. The first kappa shape index (κ1) is 15.2. The number of anilines is 2. The quantitative estimate of drug-likeness (QED) is 0.611. The molecule has 7 heteroatoms. The molecule has 0 aliphatic rings. The fraction of sp³-hybridized carbons (Fsp3) is 0.111. The molecule has 0 radical (unpaired) electrons. The summed E-state index contributed by atoms with van der Waals surface area (Å²) >= 11 is 0. The van der Waals surface area contributed by atoms with Gasteiger partial charge in [0.1, 0.15) is 5.82 Å². The highest BCUT2D eigenvalue weighted by Gasteiger charge is 2.14. The summed E-state index contributed by atoms with van der Waals surface area (Å²) < 4.78 is 18.7. The van der Waals surface area contributed by atoms with Gasteiger partial charge in [0.15, 0.2) is 5.82 Å². The molecular formula is C18H14FN5O. The van der Waals surface area contributed by atoms with Crippen molar-refractivity contribution < 1.29 is 9.02 Å². The Labute approximate surface area is 142 Å². The third-order valence-electron chi connectivity index (χ3n) is 3.81. The largest absolute Gasteiger partial charge is 0.336 e. The summed E-state index contributed by atoms with van der Waals surface area (Å²) in [7, 11) is 0. The van der Waals surface area contributed by atoms with Gasteiger partial charge in [-0.15, -0.1) is 0 Å². The van der Waals surface area contributed by atoms with E-state index in [1.54, 1.807) is 18.2 Å². The van der Waals surface area contributed by atoms with Gasteiger partial charge in [-0.25, -0.2) is 19.0 Å². The van der Waals surface area contributed by atoms with Crippen molar-refractivity contribution >= 4 is 22.8 Å². The molecule has 2 heterocycles. The van der Waals surface area contributed by atoms with Crippen LogP contribution in [0.2, 0.25) is 0 Å². The van der Waals surface area contributed by atoms with Crippen molar-refractivity contribution in [3.05, 3.63) is 71.2 Å². The average molecular weight is 335 g/mol. The second-order valence-corrected chi connectivity index (χ2v) is 5.70. The zero-order valence-electron chi connectivity index (χ0n) is 13.4. The number of halogens is 1. The summed E-state index contributed by atoms with van der Waals surface area (Å²) in [4.78, 5) is 8.84. The van der Waals surface area contributed by atoms with Gasteiger partial charge in [0, 0.05) is 6.42 Å². The van der Waals surface area contributed by atoms with Crippen LogP contribution in [0.3, 0.4) is 0 Å². The van der Waals surface area contributed by atoms with Gasteiger partial charge in [-0.1, -0.05) is 42.0 Å². The van der Waals surface area contributed by atoms with Gasteiger partial charge in [-0.05, 0) is 34.9 Å². The molecule has 124 valence electrons. The first-order valence-corrected chi connectivity index (χ1v) is 7.75. The van der Waals surface area contributed by atoms with E-state index >= 15 is 0 Å². The Balaban J connectivity index is 1.75. The topological polar surface area (TPSA) is 76.7 Å². The number of aryl methyl sites for hydroxylation is 1. The van der Waals surface area contributed by atoms with E-state index in [9.17, 15) is 4.39 Å². The van der Waals surface area contributed by atoms with Crippen LogP contribution < -0.4 is 5.32 Å². The maximum Gasteiger partial charge on any atom is 0.245 e. The highest BCUT2D eigenvalue weighted by atomic mass is 19.1. The molecule has 2 aromatic heterocycles. The van der Waals surface area contributed by atoms with E-state index in [0.29, 0.717) is 29.3 Å². The summed E-state index contributed by atoms with van der Waals surface area (Å²) in [6.45, 7) is 2.03. The summed E-state index contributed by atoms with van der Waals surface area (Å²) in [6.07, 6.45) is 0.521. The van der Waals surface area contributed by atoms with Gasteiger partial charge < -0.3 is 5.32 Å². The van der Waals surface area contributed by atoms with E-state index in [1.807, 2.05) is 31.2 Å². The van der Waals surface area contributed by atoms with Crippen molar-refractivity contribution in [1.29, 1.82) is 0 Å². The van der Waals surface area contributed by atoms with Crippen molar-refractivity contribution in [1.82, 2.24) is 20.3 Å². The summed E-state index contributed by atoms with van der Waals surface area (Å²) in [5.74, 6) is 0.0536. The van der Waals surface area contributed by atoms with E-state index in [1.165, 1.54) is 11.6 Å². The zero-order valence-corrected chi connectivity index (χ0v) is 13.4. The number of nitrogens with zero attached hydrogens (tertiary/aromatic N) is 4. The van der Waals surface area contributed by atoms with E-state index < -0.39 is 0 Å². The number of fused-ring (bicyclic) bond motifs is 1. The molecule has 0 spiro atoms. The Morgan fingerprint density at radius 1 is 0.960 bits per heavy atom. The monoisotopic (exact) mass is 335 g/mol. The van der Waals surface area contributed by atoms with Crippen LogP contribution in [0.4, 0.5) is 15.9 Å². The average Bonchev–Trinajstić information content (AvgIpc) is 3.06. The van der Waals surface area contributed by atoms with Gasteiger partial charge in [0.2, 0.25) is 11.3 Å². The number of nitrogens with one attached hydrogen (secondary N) is 1. The summed E-state index contributed by atoms with van der Waals surface area (Å²) in [6, 6.07) is 14.5. The molecule has 0 aliphatic carbocycles. The molecule has 4 rings (SSSR count). The molecule has 0 aliphatic heterocycles. The van der Waals surface area contributed by atoms with Crippen LogP contribution in [-0.2, 0) is 6.42 Å². The molecule has 25 heavy (non-hydrogen) atoms. The van der Waals surface area contributed by atoms with E-state index in [2.05, 4.69) is 30.2 Å². The second-order valence-electron chi connectivity index (χ2n) is 5.70. The predicted molar refractivity (Wildman–Crippen MR) is 91.1 cm³/mol. The molecule has 0 atom stereocenters. The highest BCUT2D eigenvalue weighted by Crippen LogP contribution is 2.24. The van der Waals surface area contributed by atoms with Gasteiger partial charge in [0.05, 0.1) is 11.4 Å². The number of rotatable bonds is 4. The first-order chi connectivity index (χ1) is 12.2. The smallest absolute Gasteiger partial charge is 0.245 e. The molecule has 6 nitrogen and oxygen atoms in total. The molecule has 0 fully saturated rings. The van der Waals surface area contributed by atoms with Crippen LogP contribution in [0.15, 0.2) is 53.2 Å². The molecule has 2 aromatic carbocycles. The number of aromatic nitrogens is 4. The standard InChI is InChI=1S/C18H14FN5O/c1-11-6-8-12(9-7-11)10-15-16(20-14-5-3-2-4-13(14)19)22-18-17(21-15)23-25-24-18/h2-9H,10H2,1H3,(H,20,22,24). The lowest BCUT2D eigenvalue weighted by molar-refractivity contribution is 0.314. The predicted octanol–water partition coefficient (Wildman–Crippen LogP) is 3.79. The third kappa shape index (κ3) is 3.16. The minimum atomic E-state index is -0.371. The lowest BCUT2D eigenvalue weighted by Gasteiger charge is -2.11. The fourth-order valence-electron chi connectivity index (χ4n) is 2.48. The SMILES string of the molecule is Cc1ccc(Cc2nc3nonc3nc2Nc2ccccc2F)cc1. The molecular weight excluding hydrogens is 321 g/mol. The Bertz CT molecular complexity index is 1030. The van der Waals surface area contributed by atoms with E-state index in [-0.39, 0.29) is 11.5 Å². The summed E-state index contributed by atoms with van der Waals surface area (Å²) in [5, 5.41) is 10.4. The van der Waals surface area contributed by atoms with Crippen LogP contribution in [0, 0.1) is 12.7 Å². The van der Waals surface area contributed by atoms with E-state index in [4.69, 9.17) is 0 Å². The molecule has 0 unspecified atom stereocenters. The van der Waals surface area contributed by atoms with Crippen LogP contribution in [-0.4, -0.2) is 20.3 Å². The van der Waals surface area contributed by atoms with E-state index in [0.717, 1.165) is 5.56 Å². The van der Waals surface area contributed by atoms with Crippen molar-refractivity contribution in [2.24, 2.45) is 0 Å². The highest BCUT2D eigenvalue weighted by molar-refractivity contribution is 5.69. The minimum Gasteiger partial charge on any atom is -0.336 e. The first-order valence-electron chi connectivity index (χ1n) is 7.75. The zero-order chi connectivity index (χ0) is 17.2. The molecule has 0 saturated heterocycles. The lowest BCUT2D eigenvalue weighted by atomic mass is 10.1. The Kier molecular flexibility index (Phi) is 3.81. The van der Waals surface area contributed by atoms with Gasteiger partial charge in [0.25, 0.3) is 0 Å². The number of benzene rings is 2. The van der Waals surface area contributed by atoms with Gasteiger partial charge in [-0.3, -0.25) is 0 Å². The third-order valence-corrected chi connectivity index (χ3v) is 3.81. The molecule has 0 amide bonds. The van der Waals surface area contributed by atoms with Crippen LogP contribution in [0.1, 0.15) is 16.8 Å². The molecule has 4 aromatic rings. The maximum atomic E-state index is 14.0. The van der Waals surface area contributed by atoms with Crippen molar-refractivity contribution in [2.45, 2.75) is 13.3 Å². The Hall–Kier alpha value is -3.35. The summed E-state index contributed by atoms with van der Waals surface area (Å²) in [5.41, 5.74) is 3.78. The van der Waals surface area contributed by atoms with Crippen molar-refractivity contribution in [2.75, 3.05) is 5.32 Å². The number of para-hydroxylation sites is 1. The number of hydrogen-bond acceptors (Lipinski definition) is 6. The molecule has 1 N–H and O–H groups in total. The maximum absolute atomic E-state index is 14.0. The molecule has 0 saturated carbocycles. The fourth-order valence-corrected chi connectivity index (χ4v) is 2.48. The second kappa shape index (κ2) is 6.27. The van der Waals surface area contributed by atoms with Gasteiger partial charge >= 0.3 is 0 Å². The Morgan fingerprint density at radius 3 is 2.44 bits per heavy atom. The van der Waals surface area contributed by atoms with Crippen molar-refractivity contribution in [3.63, 3.8) is 0 Å². The van der Waals surface area contributed by atoms with Crippen LogP contribution in [0.25, 0.3) is 11.3 Å². The minimum absolute atomic E-state index is 0.270. The van der Waals surface area contributed by atoms with Crippen LogP contribution in [0.5, 0.6) is 0 Å².